The van der Waals surface area contributed by atoms with Gasteiger partial charge in [0.1, 0.15) is 0 Å². The van der Waals surface area contributed by atoms with Crippen molar-refractivity contribution in [1.82, 2.24) is 20.0 Å². The van der Waals surface area contributed by atoms with Crippen molar-refractivity contribution < 1.29 is 9.59 Å². The Morgan fingerprint density at radius 3 is 2.61 bits per heavy atom. The third-order valence-electron chi connectivity index (χ3n) is 5.43. The second kappa shape index (κ2) is 9.04. The molecule has 1 aromatic carbocycles. The second-order valence-electron chi connectivity index (χ2n) is 7.73. The molecule has 0 aliphatic carbocycles. The Balaban J connectivity index is 1.67. The zero-order valence-electron chi connectivity index (χ0n) is 17.0. The van der Waals surface area contributed by atoms with Crippen molar-refractivity contribution in [2.75, 3.05) is 13.1 Å². The van der Waals surface area contributed by atoms with Gasteiger partial charge in [-0.25, -0.2) is 4.68 Å². The Morgan fingerprint density at radius 1 is 1.21 bits per heavy atom. The largest absolute Gasteiger partial charge is 0.356 e. The molecule has 1 N–H and O–H groups in total. The maximum atomic E-state index is 13.1. The first-order valence-corrected chi connectivity index (χ1v) is 10.2. The predicted molar refractivity (Wildman–Crippen MR) is 109 cm³/mol. The topological polar surface area (TPSA) is 67.2 Å². The van der Waals surface area contributed by atoms with E-state index in [9.17, 15) is 9.59 Å². The van der Waals surface area contributed by atoms with Crippen LogP contribution < -0.4 is 5.32 Å². The van der Waals surface area contributed by atoms with Crippen LogP contribution in [0.5, 0.6) is 0 Å². The Labute approximate surface area is 166 Å². The van der Waals surface area contributed by atoms with Crippen molar-refractivity contribution in [3.05, 3.63) is 47.8 Å². The molecule has 1 aromatic heterocycles. The fourth-order valence-corrected chi connectivity index (χ4v) is 3.61. The highest BCUT2D eigenvalue weighted by Gasteiger charge is 2.32. The fraction of sp³-hybridized carbons (Fsp3) is 0.500. The van der Waals surface area contributed by atoms with Crippen molar-refractivity contribution in [2.24, 2.45) is 5.92 Å². The number of likely N-dealkylation sites (tertiary alicyclic amines) is 1. The molecule has 1 saturated heterocycles. The van der Waals surface area contributed by atoms with Crippen LogP contribution in [0, 0.1) is 12.8 Å². The predicted octanol–water partition coefficient (Wildman–Crippen LogP) is 3.34. The first-order valence-electron chi connectivity index (χ1n) is 10.2. The van der Waals surface area contributed by atoms with Gasteiger partial charge >= 0.3 is 0 Å². The van der Waals surface area contributed by atoms with Crippen LogP contribution in [-0.2, 0) is 4.79 Å². The van der Waals surface area contributed by atoms with Crippen LogP contribution in [0.15, 0.2) is 36.7 Å². The Kier molecular flexibility index (Phi) is 6.49. The van der Waals surface area contributed by atoms with Crippen LogP contribution in [0.1, 0.15) is 55.5 Å². The van der Waals surface area contributed by atoms with Gasteiger partial charge in [0.05, 0.1) is 17.8 Å². The van der Waals surface area contributed by atoms with Gasteiger partial charge < -0.3 is 10.2 Å². The zero-order chi connectivity index (χ0) is 20.1. The summed E-state index contributed by atoms with van der Waals surface area (Å²) in [5.41, 5.74) is 2.65. The van der Waals surface area contributed by atoms with E-state index in [0.717, 1.165) is 36.9 Å². The van der Waals surface area contributed by atoms with E-state index in [1.165, 1.54) is 0 Å². The van der Waals surface area contributed by atoms with Crippen molar-refractivity contribution in [2.45, 2.75) is 52.5 Å². The van der Waals surface area contributed by atoms with Gasteiger partial charge in [0, 0.05) is 30.9 Å². The van der Waals surface area contributed by atoms with E-state index in [4.69, 9.17) is 0 Å². The number of aromatic nitrogens is 2. The molecular weight excluding hydrogens is 352 g/mol. The van der Waals surface area contributed by atoms with Crippen LogP contribution in [0.2, 0.25) is 0 Å². The highest BCUT2D eigenvalue weighted by molar-refractivity contribution is 5.95. The number of carbonyl (C=O) groups is 2. The first kappa shape index (κ1) is 20.1. The molecule has 2 atom stereocenters. The van der Waals surface area contributed by atoms with Gasteiger partial charge in [-0.05, 0) is 62.9 Å². The van der Waals surface area contributed by atoms with E-state index in [2.05, 4.69) is 24.3 Å². The average Bonchev–Trinajstić information content (AvgIpc) is 3.14. The van der Waals surface area contributed by atoms with Gasteiger partial charge in [0.2, 0.25) is 5.91 Å². The van der Waals surface area contributed by atoms with E-state index in [-0.39, 0.29) is 23.8 Å². The number of unbranched alkanes of at least 4 members (excludes halogenated alkanes) is 1. The third-order valence-corrected chi connectivity index (χ3v) is 5.43. The molecule has 150 valence electrons. The lowest BCUT2D eigenvalue weighted by molar-refractivity contribution is -0.126. The fourth-order valence-electron chi connectivity index (χ4n) is 3.61. The summed E-state index contributed by atoms with van der Waals surface area (Å²) in [4.78, 5) is 27.3. The number of nitrogens with zero attached hydrogens (tertiary/aromatic N) is 3. The van der Waals surface area contributed by atoms with Crippen molar-refractivity contribution in [3.8, 4) is 5.69 Å². The summed E-state index contributed by atoms with van der Waals surface area (Å²) in [5, 5.41) is 7.31. The Hall–Kier alpha value is -2.63. The van der Waals surface area contributed by atoms with Gasteiger partial charge in [0.15, 0.2) is 0 Å². The molecule has 2 heterocycles. The number of aryl methyl sites for hydroxylation is 1. The molecule has 2 amide bonds. The Bertz CT molecular complexity index is 812. The molecule has 0 bridgehead atoms. The van der Waals surface area contributed by atoms with Crippen LogP contribution in [0.4, 0.5) is 0 Å². The molecule has 0 saturated carbocycles. The molecule has 3 rings (SSSR count). The monoisotopic (exact) mass is 382 g/mol. The van der Waals surface area contributed by atoms with Gasteiger partial charge in [0.25, 0.3) is 5.91 Å². The SMILES string of the molecule is CCCCNC(=O)C1CCC(C)N(C(=O)c2ccc(-n3cc(C)cn3)cc2)C1. The highest BCUT2D eigenvalue weighted by atomic mass is 16.2. The summed E-state index contributed by atoms with van der Waals surface area (Å²) in [7, 11) is 0. The molecule has 6 heteroatoms. The van der Waals surface area contributed by atoms with Crippen molar-refractivity contribution in [1.29, 1.82) is 0 Å². The highest BCUT2D eigenvalue weighted by Crippen LogP contribution is 2.24. The maximum absolute atomic E-state index is 13.1. The average molecular weight is 383 g/mol. The molecule has 28 heavy (non-hydrogen) atoms. The first-order chi connectivity index (χ1) is 13.5. The smallest absolute Gasteiger partial charge is 0.254 e. The molecular formula is C22H30N4O2. The lowest BCUT2D eigenvalue weighted by Crippen LogP contribution is -2.49. The van der Waals surface area contributed by atoms with Crippen molar-refractivity contribution >= 4 is 11.8 Å². The number of carbonyl (C=O) groups excluding carboxylic acids is 2. The normalized spacial score (nSPS) is 19.5. The zero-order valence-corrected chi connectivity index (χ0v) is 17.0. The number of rotatable bonds is 6. The van der Waals surface area contributed by atoms with Crippen LogP contribution >= 0.6 is 0 Å². The van der Waals surface area contributed by atoms with Gasteiger partial charge in [-0.2, -0.15) is 5.10 Å². The molecule has 2 aromatic rings. The molecule has 1 fully saturated rings. The summed E-state index contributed by atoms with van der Waals surface area (Å²) < 4.78 is 1.80. The number of hydrogen-bond acceptors (Lipinski definition) is 3. The van der Waals surface area contributed by atoms with Gasteiger partial charge in [-0.1, -0.05) is 13.3 Å². The van der Waals surface area contributed by atoms with E-state index < -0.39 is 0 Å². The van der Waals surface area contributed by atoms with E-state index in [1.54, 1.807) is 10.9 Å². The maximum Gasteiger partial charge on any atom is 0.254 e. The number of amides is 2. The van der Waals surface area contributed by atoms with Crippen LogP contribution in [0.3, 0.4) is 0 Å². The number of piperidine rings is 1. The van der Waals surface area contributed by atoms with Gasteiger partial charge in [-0.3, -0.25) is 9.59 Å². The summed E-state index contributed by atoms with van der Waals surface area (Å²) in [5.74, 6) is -0.0624. The van der Waals surface area contributed by atoms with Gasteiger partial charge in [-0.15, -0.1) is 0 Å². The van der Waals surface area contributed by atoms with E-state index in [1.807, 2.05) is 42.3 Å². The number of hydrogen-bond donors (Lipinski definition) is 1. The molecule has 6 nitrogen and oxygen atoms in total. The van der Waals surface area contributed by atoms with Crippen molar-refractivity contribution in [3.63, 3.8) is 0 Å². The lowest BCUT2D eigenvalue weighted by atomic mass is 9.92. The van der Waals surface area contributed by atoms with E-state index in [0.29, 0.717) is 18.7 Å². The number of benzene rings is 1. The van der Waals surface area contributed by atoms with Crippen LogP contribution in [0.25, 0.3) is 5.69 Å². The summed E-state index contributed by atoms with van der Waals surface area (Å²) in [6.45, 7) is 7.35. The minimum atomic E-state index is -0.122. The van der Waals surface area contributed by atoms with E-state index >= 15 is 0 Å². The second-order valence-corrected chi connectivity index (χ2v) is 7.73. The molecule has 0 spiro atoms. The number of nitrogens with one attached hydrogen (secondary N) is 1. The van der Waals surface area contributed by atoms with Crippen LogP contribution in [-0.4, -0.2) is 45.6 Å². The molecule has 1 aliphatic rings. The summed E-state index contributed by atoms with van der Waals surface area (Å²) >= 11 is 0. The summed E-state index contributed by atoms with van der Waals surface area (Å²) in [6, 6.07) is 7.63. The molecule has 2 unspecified atom stereocenters. The molecule has 1 aliphatic heterocycles. The standard InChI is InChI=1S/C22H30N4O2/c1-4-5-12-23-21(27)19-7-6-17(3)25(15-19)22(28)18-8-10-20(11-9-18)26-14-16(2)13-24-26/h8-11,13-14,17,19H,4-7,12,15H2,1-3H3,(H,23,27). The Morgan fingerprint density at radius 2 is 1.96 bits per heavy atom. The quantitative estimate of drug-likeness (QED) is 0.779. The minimum Gasteiger partial charge on any atom is -0.356 e. The lowest BCUT2D eigenvalue weighted by Gasteiger charge is -2.37. The third kappa shape index (κ3) is 4.61. The molecule has 0 radical (unpaired) electrons. The minimum absolute atomic E-state index is 0.0123. The summed E-state index contributed by atoms with van der Waals surface area (Å²) in [6.07, 6.45) is 7.48.